The first-order valence-electron chi connectivity index (χ1n) is 9.47. The third kappa shape index (κ3) is 3.36. The Hall–Kier alpha value is -2.90. The standard InChI is InChI=1S/C22H20FN3O2S/c1-27-16-6-7-18-17(12-16)20(21(23)24-18)19-13-29-22(25-19)14-2-4-15(5-3-14)26-8-10-28-11-9-26/h2-7,12-13,24H,8-11H2,1H3. The molecule has 5 rings (SSSR count). The number of fused-ring (bicyclic) bond motifs is 1. The zero-order valence-corrected chi connectivity index (χ0v) is 16.8. The lowest BCUT2D eigenvalue weighted by atomic mass is 10.1. The Morgan fingerprint density at radius 2 is 1.93 bits per heavy atom. The van der Waals surface area contributed by atoms with E-state index in [4.69, 9.17) is 14.5 Å². The zero-order valence-electron chi connectivity index (χ0n) is 15.9. The molecule has 0 spiro atoms. The van der Waals surface area contributed by atoms with Crippen LogP contribution < -0.4 is 9.64 Å². The summed E-state index contributed by atoms with van der Waals surface area (Å²) < 4.78 is 25.4. The molecule has 1 fully saturated rings. The van der Waals surface area contributed by atoms with Gasteiger partial charge in [-0.3, -0.25) is 0 Å². The Morgan fingerprint density at radius 3 is 2.69 bits per heavy atom. The number of thiazole rings is 1. The van der Waals surface area contributed by atoms with Crippen molar-refractivity contribution in [3.63, 3.8) is 0 Å². The number of benzene rings is 2. The van der Waals surface area contributed by atoms with E-state index in [1.807, 2.05) is 23.6 Å². The quantitative estimate of drug-likeness (QED) is 0.519. The van der Waals surface area contributed by atoms with Crippen LogP contribution in [0, 0.1) is 5.95 Å². The van der Waals surface area contributed by atoms with E-state index in [0.29, 0.717) is 17.0 Å². The van der Waals surface area contributed by atoms with E-state index in [1.54, 1.807) is 7.11 Å². The van der Waals surface area contributed by atoms with Crippen LogP contribution in [0.15, 0.2) is 47.8 Å². The second-order valence-corrected chi connectivity index (χ2v) is 7.77. The van der Waals surface area contributed by atoms with E-state index in [0.717, 1.165) is 47.8 Å². The minimum absolute atomic E-state index is 0.382. The van der Waals surface area contributed by atoms with Gasteiger partial charge in [-0.25, -0.2) is 4.98 Å². The lowest BCUT2D eigenvalue weighted by molar-refractivity contribution is 0.122. The number of rotatable bonds is 4. The highest BCUT2D eigenvalue weighted by Crippen LogP contribution is 2.36. The minimum Gasteiger partial charge on any atom is -0.497 e. The van der Waals surface area contributed by atoms with Gasteiger partial charge in [-0.1, -0.05) is 0 Å². The van der Waals surface area contributed by atoms with Gasteiger partial charge < -0.3 is 19.4 Å². The van der Waals surface area contributed by atoms with Crippen molar-refractivity contribution >= 4 is 27.9 Å². The molecule has 0 bridgehead atoms. The van der Waals surface area contributed by atoms with Gasteiger partial charge in [0.15, 0.2) is 0 Å². The van der Waals surface area contributed by atoms with Gasteiger partial charge in [0.25, 0.3) is 0 Å². The van der Waals surface area contributed by atoms with Gasteiger partial charge in [-0.2, -0.15) is 4.39 Å². The third-order valence-corrected chi connectivity index (χ3v) is 6.10. The van der Waals surface area contributed by atoms with Crippen LogP contribution >= 0.6 is 11.3 Å². The van der Waals surface area contributed by atoms with E-state index in [-0.39, 0.29) is 5.95 Å². The largest absolute Gasteiger partial charge is 0.497 e. The van der Waals surface area contributed by atoms with Gasteiger partial charge in [0.05, 0.1) is 31.6 Å². The maximum absolute atomic E-state index is 14.6. The molecule has 0 atom stereocenters. The molecule has 4 aromatic rings. The predicted octanol–water partition coefficient (Wildman–Crippen LogP) is 4.94. The third-order valence-electron chi connectivity index (χ3n) is 5.21. The minimum atomic E-state index is -0.382. The predicted molar refractivity (Wildman–Crippen MR) is 114 cm³/mol. The number of hydrogen-bond acceptors (Lipinski definition) is 5. The summed E-state index contributed by atoms with van der Waals surface area (Å²) in [7, 11) is 1.60. The smallest absolute Gasteiger partial charge is 0.201 e. The van der Waals surface area contributed by atoms with Crippen molar-refractivity contribution in [3.8, 4) is 27.6 Å². The van der Waals surface area contributed by atoms with Crippen LogP contribution in [0.4, 0.5) is 10.1 Å². The van der Waals surface area contributed by atoms with Crippen molar-refractivity contribution in [2.75, 3.05) is 38.3 Å². The van der Waals surface area contributed by atoms with Crippen LogP contribution in [0.2, 0.25) is 0 Å². The average Bonchev–Trinajstić information content (AvgIpc) is 3.37. The molecule has 148 valence electrons. The maximum Gasteiger partial charge on any atom is 0.201 e. The Morgan fingerprint density at radius 1 is 1.14 bits per heavy atom. The molecule has 0 radical (unpaired) electrons. The fourth-order valence-corrected chi connectivity index (χ4v) is 4.49. The molecule has 1 aliphatic rings. The number of ether oxygens (including phenoxy) is 2. The molecule has 7 heteroatoms. The summed E-state index contributed by atoms with van der Waals surface area (Å²) in [6.45, 7) is 3.34. The summed E-state index contributed by atoms with van der Waals surface area (Å²) in [4.78, 5) is 9.83. The van der Waals surface area contributed by atoms with E-state index in [9.17, 15) is 4.39 Å². The van der Waals surface area contributed by atoms with Crippen molar-refractivity contribution in [3.05, 3.63) is 53.8 Å². The molecule has 3 heterocycles. The van der Waals surface area contributed by atoms with Crippen LogP contribution in [-0.2, 0) is 4.74 Å². The molecule has 0 aliphatic carbocycles. The number of halogens is 1. The lowest BCUT2D eigenvalue weighted by Gasteiger charge is -2.28. The molecule has 1 N–H and O–H groups in total. The Kier molecular flexibility index (Phi) is 4.69. The summed E-state index contributed by atoms with van der Waals surface area (Å²) in [5.41, 5.74) is 4.04. The van der Waals surface area contributed by atoms with Crippen molar-refractivity contribution in [1.82, 2.24) is 9.97 Å². The van der Waals surface area contributed by atoms with Crippen LogP contribution in [0.5, 0.6) is 5.75 Å². The van der Waals surface area contributed by atoms with Crippen molar-refractivity contribution in [2.24, 2.45) is 0 Å². The number of anilines is 1. The number of aromatic amines is 1. The molecule has 2 aromatic carbocycles. The van der Waals surface area contributed by atoms with E-state index in [2.05, 4.69) is 34.1 Å². The zero-order chi connectivity index (χ0) is 19.8. The van der Waals surface area contributed by atoms with E-state index in [1.165, 1.54) is 17.0 Å². The molecular formula is C22H20FN3O2S. The van der Waals surface area contributed by atoms with Gasteiger partial charge in [-0.15, -0.1) is 11.3 Å². The number of H-pyrrole nitrogens is 1. The highest BCUT2D eigenvalue weighted by atomic mass is 32.1. The average molecular weight is 409 g/mol. The van der Waals surface area contributed by atoms with Crippen molar-refractivity contribution in [1.29, 1.82) is 0 Å². The highest BCUT2D eigenvalue weighted by Gasteiger charge is 2.18. The first-order valence-corrected chi connectivity index (χ1v) is 10.3. The van der Waals surface area contributed by atoms with Gasteiger partial charge in [-0.05, 0) is 42.5 Å². The van der Waals surface area contributed by atoms with Crippen LogP contribution in [0.1, 0.15) is 0 Å². The summed E-state index contributed by atoms with van der Waals surface area (Å²) in [5, 5.41) is 3.53. The molecule has 5 nitrogen and oxygen atoms in total. The molecule has 1 aliphatic heterocycles. The Bertz CT molecular complexity index is 1150. The lowest BCUT2D eigenvalue weighted by Crippen LogP contribution is -2.36. The second kappa shape index (κ2) is 7.50. The topological polar surface area (TPSA) is 50.4 Å². The Labute approximate surface area is 171 Å². The molecule has 0 amide bonds. The summed E-state index contributed by atoms with van der Waals surface area (Å²) in [6.07, 6.45) is 0. The number of nitrogens with zero attached hydrogens (tertiary/aromatic N) is 2. The fraction of sp³-hybridized carbons (Fsp3) is 0.227. The summed E-state index contributed by atoms with van der Waals surface area (Å²) >= 11 is 1.51. The number of methoxy groups -OCH3 is 1. The monoisotopic (exact) mass is 409 g/mol. The number of morpholine rings is 1. The van der Waals surface area contributed by atoms with E-state index >= 15 is 0 Å². The highest BCUT2D eigenvalue weighted by molar-refractivity contribution is 7.13. The summed E-state index contributed by atoms with van der Waals surface area (Å²) in [6, 6.07) is 13.8. The van der Waals surface area contributed by atoms with Crippen molar-refractivity contribution < 1.29 is 13.9 Å². The fourth-order valence-electron chi connectivity index (χ4n) is 3.67. The van der Waals surface area contributed by atoms with Gasteiger partial charge in [0.2, 0.25) is 5.95 Å². The second-order valence-electron chi connectivity index (χ2n) is 6.91. The maximum atomic E-state index is 14.6. The number of nitrogens with one attached hydrogen (secondary N) is 1. The molecular weight excluding hydrogens is 389 g/mol. The molecule has 1 saturated heterocycles. The Balaban J connectivity index is 1.46. The van der Waals surface area contributed by atoms with Gasteiger partial charge in [0.1, 0.15) is 10.8 Å². The van der Waals surface area contributed by atoms with Crippen LogP contribution in [-0.4, -0.2) is 43.4 Å². The van der Waals surface area contributed by atoms with Gasteiger partial charge >= 0.3 is 0 Å². The molecule has 0 saturated carbocycles. The molecule has 29 heavy (non-hydrogen) atoms. The molecule has 0 unspecified atom stereocenters. The SMILES string of the molecule is COc1ccc2[nH]c(F)c(-c3csc(-c4ccc(N5CCOCC5)cc4)n3)c2c1. The summed E-state index contributed by atoms with van der Waals surface area (Å²) in [5.74, 6) is 0.305. The van der Waals surface area contributed by atoms with Crippen LogP contribution in [0.25, 0.3) is 32.7 Å². The first-order chi connectivity index (χ1) is 14.2. The normalized spacial score (nSPS) is 14.5. The van der Waals surface area contributed by atoms with Crippen LogP contribution in [0.3, 0.4) is 0 Å². The molecule has 2 aromatic heterocycles. The van der Waals surface area contributed by atoms with Gasteiger partial charge in [0, 0.05) is 40.6 Å². The van der Waals surface area contributed by atoms with E-state index < -0.39 is 0 Å². The first kappa shape index (κ1) is 18.1. The number of aromatic nitrogens is 2. The van der Waals surface area contributed by atoms with Crippen molar-refractivity contribution in [2.45, 2.75) is 0 Å². The number of hydrogen-bond donors (Lipinski definition) is 1.